The summed E-state index contributed by atoms with van der Waals surface area (Å²) in [5.41, 5.74) is 0.252. The summed E-state index contributed by atoms with van der Waals surface area (Å²) >= 11 is 0. The SMILES string of the molecule is O=C1N(c2ccccc2)N(c2ccccc2)C(=O)C1(N=Nc1cccc2ccccc12)c1ccccc1. The average Bonchev–Trinajstić information content (AvgIpc) is 3.19. The Morgan fingerprint density at radius 2 is 1.00 bits per heavy atom. The predicted octanol–water partition coefficient (Wildman–Crippen LogP) is 6.81. The largest absolute Gasteiger partial charge is 0.290 e. The van der Waals surface area contributed by atoms with Crippen LogP contribution in [-0.2, 0) is 15.1 Å². The minimum Gasteiger partial charge on any atom is -0.269 e. The van der Waals surface area contributed by atoms with Crippen LogP contribution in [0.15, 0.2) is 144 Å². The number of hydrazine groups is 1. The maximum Gasteiger partial charge on any atom is 0.290 e. The lowest BCUT2D eigenvalue weighted by atomic mass is 9.89. The van der Waals surface area contributed by atoms with Crippen LogP contribution in [-0.4, -0.2) is 11.8 Å². The molecule has 1 heterocycles. The van der Waals surface area contributed by atoms with E-state index in [4.69, 9.17) is 0 Å². The molecule has 5 aromatic carbocycles. The van der Waals surface area contributed by atoms with E-state index in [9.17, 15) is 9.59 Å². The van der Waals surface area contributed by atoms with Crippen LogP contribution < -0.4 is 10.0 Å². The lowest BCUT2D eigenvalue weighted by Gasteiger charge is -2.27. The van der Waals surface area contributed by atoms with Crippen LogP contribution in [0.25, 0.3) is 10.8 Å². The molecule has 0 aliphatic carbocycles. The molecule has 0 aromatic heterocycles. The molecule has 0 spiro atoms. The van der Waals surface area contributed by atoms with Crippen molar-refractivity contribution < 1.29 is 9.59 Å². The summed E-state index contributed by atoms with van der Waals surface area (Å²) in [7, 11) is 0. The molecular formula is C31H22N4O2. The molecule has 6 rings (SSSR count). The first-order chi connectivity index (χ1) is 18.2. The highest BCUT2D eigenvalue weighted by Crippen LogP contribution is 2.43. The molecule has 178 valence electrons. The van der Waals surface area contributed by atoms with Crippen molar-refractivity contribution in [1.29, 1.82) is 0 Å². The third-order valence-corrected chi connectivity index (χ3v) is 6.47. The summed E-state index contributed by atoms with van der Waals surface area (Å²) in [4.78, 5) is 28.8. The number of nitrogens with zero attached hydrogens (tertiary/aromatic N) is 4. The molecule has 6 nitrogen and oxygen atoms in total. The van der Waals surface area contributed by atoms with Gasteiger partial charge in [-0.3, -0.25) is 9.59 Å². The van der Waals surface area contributed by atoms with E-state index in [1.165, 1.54) is 10.0 Å². The Bertz CT molecular complexity index is 1560. The van der Waals surface area contributed by atoms with Crippen LogP contribution in [0.1, 0.15) is 5.56 Å². The Balaban J connectivity index is 1.58. The van der Waals surface area contributed by atoms with Gasteiger partial charge in [0.2, 0.25) is 0 Å². The normalized spacial score (nSPS) is 15.1. The fourth-order valence-electron chi connectivity index (χ4n) is 4.68. The Labute approximate surface area is 214 Å². The number of para-hydroxylation sites is 2. The van der Waals surface area contributed by atoms with Crippen molar-refractivity contribution in [2.75, 3.05) is 10.0 Å². The number of rotatable bonds is 5. The van der Waals surface area contributed by atoms with Gasteiger partial charge in [0.1, 0.15) is 0 Å². The zero-order valence-corrected chi connectivity index (χ0v) is 19.8. The minimum absolute atomic E-state index is 0.452. The summed E-state index contributed by atoms with van der Waals surface area (Å²) < 4.78 is 0. The highest BCUT2D eigenvalue weighted by Gasteiger charge is 2.62. The molecule has 37 heavy (non-hydrogen) atoms. The van der Waals surface area contributed by atoms with Crippen molar-refractivity contribution >= 4 is 39.6 Å². The van der Waals surface area contributed by atoms with Crippen LogP contribution in [0, 0.1) is 0 Å². The van der Waals surface area contributed by atoms with Gasteiger partial charge in [-0.2, -0.15) is 10.2 Å². The van der Waals surface area contributed by atoms with Crippen LogP contribution in [0.3, 0.4) is 0 Å². The summed E-state index contributed by atoms with van der Waals surface area (Å²) in [6, 6.07) is 40.7. The third kappa shape index (κ3) is 3.67. The van der Waals surface area contributed by atoms with Crippen molar-refractivity contribution in [2.24, 2.45) is 10.2 Å². The second-order valence-corrected chi connectivity index (χ2v) is 8.68. The molecule has 6 heteroatoms. The number of carbonyl (C=O) groups excluding carboxylic acids is 2. The van der Waals surface area contributed by atoms with E-state index in [1.54, 1.807) is 48.5 Å². The lowest BCUT2D eigenvalue weighted by Crippen LogP contribution is -2.41. The quantitative estimate of drug-likeness (QED) is 0.204. The summed E-state index contributed by atoms with van der Waals surface area (Å²) in [5, 5.41) is 13.8. The fraction of sp³-hybridized carbons (Fsp3) is 0.0323. The van der Waals surface area contributed by atoms with E-state index in [0.29, 0.717) is 22.6 Å². The molecule has 0 atom stereocenters. The van der Waals surface area contributed by atoms with E-state index in [1.807, 2.05) is 84.9 Å². The topological polar surface area (TPSA) is 65.3 Å². The maximum atomic E-state index is 14.4. The minimum atomic E-state index is -1.90. The molecular weight excluding hydrogens is 460 g/mol. The summed E-state index contributed by atoms with van der Waals surface area (Å²) in [5.74, 6) is -0.995. The Kier molecular flexibility index (Phi) is 5.54. The number of fused-ring (bicyclic) bond motifs is 1. The van der Waals surface area contributed by atoms with Crippen molar-refractivity contribution in [2.45, 2.75) is 5.54 Å². The van der Waals surface area contributed by atoms with Crippen molar-refractivity contribution in [1.82, 2.24) is 0 Å². The second-order valence-electron chi connectivity index (χ2n) is 8.68. The fourth-order valence-corrected chi connectivity index (χ4v) is 4.68. The zero-order chi connectivity index (χ0) is 25.2. The van der Waals surface area contributed by atoms with E-state index in [0.717, 1.165) is 10.8 Å². The Morgan fingerprint density at radius 3 is 1.59 bits per heavy atom. The van der Waals surface area contributed by atoms with Gasteiger partial charge in [0.15, 0.2) is 0 Å². The number of amides is 2. The number of hydrogen-bond acceptors (Lipinski definition) is 4. The van der Waals surface area contributed by atoms with E-state index >= 15 is 0 Å². The van der Waals surface area contributed by atoms with Crippen molar-refractivity contribution in [3.05, 3.63) is 139 Å². The van der Waals surface area contributed by atoms with Gasteiger partial charge in [-0.1, -0.05) is 103 Å². The molecule has 1 aliphatic rings. The van der Waals surface area contributed by atoms with Gasteiger partial charge in [-0.25, -0.2) is 10.0 Å². The summed E-state index contributed by atoms with van der Waals surface area (Å²) in [6.07, 6.45) is 0. The first-order valence-electron chi connectivity index (χ1n) is 12.0. The number of anilines is 2. The number of carbonyl (C=O) groups is 2. The van der Waals surface area contributed by atoms with Crippen molar-refractivity contribution in [3.8, 4) is 0 Å². The van der Waals surface area contributed by atoms with Crippen LogP contribution >= 0.6 is 0 Å². The number of benzene rings is 5. The molecule has 0 N–H and O–H groups in total. The smallest absolute Gasteiger partial charge is 0.269 e. The summed E-state index contributed by atoms with van der Waals surface area (Å²) in [6.45, 7) is 0. The molecule has 5 aromatic rings. The van der Waals surface area contributed by atoms with E-state index in [2.05, 4.69) is 10.2 Å². The number of azo groups is 1. The van der Waals surface area contributed by atoms with Crippen molar-refractivity contribution in [3.63, 3.8) is 0 Å². The molecule has 0 radical (unpaired) electrons. The van der Waals surface area contributed by atoms with Gasteiger partial charge >= 0.3 is 0 Å². The first-order valence-corrected chi connectivity index (χ1v) is 12.0. The van der Waals surface area contributed by atoms with Crippen LogP contribution in [0.5, 0.6) is 0 Å². The molecule has 0 unspecified atom stereocenters. The highest BCUT2D eigenvalue weighted by molar-refractivity contribution is 6.29. The van der Waals surface area contributed by atoms with Crippen LogP contribution in [0.2, 0.25) is 0 Å². The molecule has 2 amide bonds. The molecule has 0 bridgehead atoms. The van der Waals surface area contributed by atoms with Gasteiger partial charge in [-0.05, 0) is 35.7 Å². The van der Waals surface area contributed by atoms with Gasteiger partial charge in [-0.15, -0.1) is 0 Å². The predicted molar refractivity (Wildman–Crippen MR) is 144 cm³/mol. The molecule has 1 fully saturated rings. The lowest BCUT2D eigenvalue weighted by molar-refractivity contribution is -0.129. The van der Waals surface area contributed by atoms with Gasteiger partial charge in [0, 0.05) is 10.9 Å². The van der Waals surface area contributed by atoms with E-state index in [-0.39, 0.29) is 0 Å². The monoisotopic (exact) mass is 482 g/mol. The Hall–Kier alpha value is -5.10. The second kappa shape index (κ2) is 9.17. The van der Waals surface area contributed by atoms with Gasteiger partial charge < -0.3 is 0 Å². The maximum absolute atomic E-state index is 14.4. The molecule has 0 saturated carbocycles. The highest BCUT2D eigenvalue weighted by atomic mass is 16.2. The Morgan fingerprint density at radius 1 is 0.514 bits per heavy atom. The molecule has 1 saturated heterocycles. The van der Waals surface area contributed by atoms with Gasteiger partial charge in [0.05, 0.1) is 17.1 Å². The molecule has 1 aliphatic heterocycles. The van der Waals surface area contributed by atoms with E-state index < -0.39 is 17.4 Å². The average molecular weight is 483 g/mol. The first kappa shape index (κ1) is 22.4. The number of hydrogen-bond donors (Lipinski definition) is 0. The standard InChI is InChI=1S/C31H22N4O2/c36-29-31(24-15-4-1-5-16-24,33-32-28-22-12-14-23-13-10-11-21-27(23)28)30(37)35(26-19-8-3-9-20-26)34(29)25-17-6-2-7-18-25/h1-22H. The van der Waals surface area contributed by atoms with Gasteiger partial charge in [0.25, 0.3) is 17.4 Å². The zero-order valence-electron chi connectivity index (χ0n) is 19.8. The third-order valence-electron chi connectivity index (χ3n) is 6.47. The van der Waals surface area contributed by atoms with Crippen LogP contribution in [0.4, 0.5) is 17.1 Å².